The lowest BCUT2D eigenvalue weighted by molar-refractivity contribution is 1.48. The molecule has 2 heterocycles. The van der Waals surface area contributed by atoms with Gasteiger partial charge >= 0.3 is 0 Å². The molecule has 76 valence electrons. The summed E-state index contributed by atoms with van der Waals surface area (Å²) in [6.45, 7) is 0. The lowest BCUT2D eigenvalue weighted by atomic mass is 10.0. The van der Waals surface area contributed by atoms with E-state index in [1.807, 2.05) is 24.3 Å². The molecule has 4 nitrogen and oxygen atoms in total. The highest BCUT2D eigenvalue weighted by Crippen LogP contribution is 2.44. The molecule has 2 aliphatic heterocycles. The van der Waals surface area contributed by atoms with Gasteiger partial charge in [-0.05, 0) is 24.3 Å². The smallest absolute Gasteiger partial charge is 0.0930 e. The van der Waals surface area contributed by atoms with E-state index >= 15 is 0 Å². The quantitative estimate of drug-likeness (QED) is 0.699. The van der Waals surface area contributed by atoms with Crippen LogP contribution in [0.25, 0.3) is 10.8 Å². The molecular formula is C12H8N4. The summed E-state index contributed by atoms with van der Waals surface area (Å²) >= 11 is 0. The average Bonchev–Trinajstić information content (AvgIpc) is 2.36. The molecule has 0 aromatic heterocycles. The molecule has 0 aliphatic carbocycles. The Hall–Kier alpha value is -2.36. The molecule has 0 saturated heterocycles. The van der Waals surface area contributed by atoms with E-state index in [9.17, 15) is 0 Å². The Morgan fingerprint density at radius 3 is 1.69 bits per heavy atom. The summed E-state index contributed by atoms with van der Waals surface area (Å²) in [5.41, 5.74) is 4.16. The van der Waals surface area contributed by atoms with Gasteiger partial charge in [0.25, 0.3) is 0 Å². The lowest BCUT2D eigenvalue weighted by Gasteiger charge is -2.19. The zero-order valence-electron chi connectivity index (χ0n) is 8.36. The number of rotatable bonds is 0. The maximum Gasteiger partial charge on any atom is 0.0930 e. The third-order valence-corrected chi connectivity index (χ3v) is 2.96. The SMILES string of the molecule is C1=Nc2ccc3c4c(ccc(c24)N1)N=CN3. The van der Waals surface area contributed by atoms with Crippen LogP contribution in [-0.2, 0) is 0 Å². The van der Waals surface area contributed by atoms with Crippen LogP contribution in [0.4, 0.5) is 22.7 Å². The first kappa shape index (κ1) is 7.87. The van der Waals surface area contributed by atoms with E-state index in [-0.39, 0.29) is 0 Å². The van der Waals surface area contributed by atoms with Gasteiger partial charge in [-0.3, -0.25) is 0 Å². The van der Waals surface area contributed by atoms with E-state index in [2.05, 4.69) is 20.6 Å². The number of anilines is 2. The van der Waals surface area contributed by atoms with Gasteiger partial charge in [-0.15, -0.1) is 0 Å². The fraction of sp³-hybridized carbons (Fsp3) is 0. The summed E-state index contributed by atoms with van der Waals surface area (Å²) in [6, 6.07) is 8.13. The molecule has 4 rings (SSSR count). The first-order valence-electron chi connectivity index (χ1n) is 5.11. The molecule has 2 aliphatic rings. The molecule has 0 amide bonds. The Balaban J connectivity index is 2.29. The van der Waals surface area contributed by atoms with Crippen molar-refractivity contribution in [3.8, 4) is 0 Å². The molecule has 0 radical (unpaired) electrons. The molecule has 2 aromatic carbocycles. The fourth-order valence-corrected chi connectivity index (χ4v) is 2.26. The van der Waals surface area contributed by atoms with Crippen molar-refractivity contribution in [3.63, 3.8) is 0 Å². The number of hydrogen-bond donors (Lipinski definition) is 2. The summed E-state index contributed by atoms with van der Waals surface area (Å²) in [5.74, 6) is 0. The molecule has 0 atom stereocenters. The van der Waals surface area contributed by atoms with E-state index in [1.54, 1.807) is 12.7 Å². The molecule has 4 heteroatoms. The molecule has 16 heavy (non-hydrogen) atoms. The van der Waals surface area contributed by atoms with E-state index < -0.39 is 0 Å². The monoisotopic (exact) mass is 208 g/mol. The Kier molecular flexibility index (Phi) is 1.28. The van der Waals surface area contributed by atoms with E-state index in [1.165, 1.54) is 0 Å². The van der Waals surface area contributed by atoms with Crippen molar-refractivity contribution in [2.24, 2.45) is 9.98 Å². The van der Waals surface area contributed by atoms with Crippen LogP contribution in [0, 0.1) is 0 Å². The highest BCUT2D eigenvalue weighted by atomic mass is 15.0. The van der Waals surface area contributed by atoms with Crippen LogP contribution >= 0.6 is 0 Å². The fourth-order valence-electron chi connectivity index (χ4n) is 2.26. The third-order valence-electron chi connectivity index (χ3n) is 2.96. The number of nitrogens with zero attached hydrogens (tertiary/aromatic N) is 2. The standard InChI is InChI=1S/C12H8N4/c1-2-8-12-10(16-6-14-8)4-3-9-11(12)7(1)13-5-15-9/h1-6H,(H,13,15)(H,14,16). The predicted octanol–water partition coefficient (Wildman–Crippen LogP) is 3.01. The van der Waals surface area contributed by atoms with Gasteiger partial charge in [0.15, 0.2) is 0 Å². The molecule has 2 aromatic rings. The number of benzene rings is 2. The van der Waals surface area contributed by atoms with Crippen LogP contribution in [0.15, 0.2) is 34.3 Å². The van der Waals surface area contributed by atoms with E-state index in [0.29, 0.717) is 0 Å². The molecular weight excluding hydrogens is 200 g/mol. The number of aliphatic imine (C=N–C) groups is 2. The Bertz CT molecular complexity index is 611. The second-order valence-corrected chi connectivity index (χ2v) is 3.82. The molecule has 0 bridgehead atoms. The van der Waals surface area contributed by atoms with Gasteiger partial charge < -0.3 is 10.6 Å². The highest BCUT2D eigenvalue weighted by molar-refractivity contribution is 6.19. The largest absolute Gasteiger partial charge is 0.346 e. The van der Waals surface area contributed by atoms with Crippen molar-refractivity contribution in [2.45, 2.75) is 0 Å². The zero-order valence-corrected chi connectivity index (χ0v) is 8.36. The Labute approximate surface area is 91.7 Å². The maximum atomic E-state index is 4.34. The van der Waals surface area contributed by atoms with E-state index in [4.69, 9.17) is 0 Å². The second kappa shape index (κ2) is 2.61. The summed E-state index contributed by atoms with van der Waals surface area (Å²) in [5, 5.41) is 8.60. The molecule has 0 unspecified atom stereocenters. The van der Waals surface area contributed by atoms with Crippen molar-refractivity contribution < 1.29 is 0 Å². The van der Waals surface area contributed by atoms with Crippen molar-refractivity contribution >= 4 is 46.2 Å². The highest BCUT2D eigenvalue weighted by Gasteiger charge is 2.16. The van der Waals surface area contributed by atoms with Gasteiger partial charge in [-0.2, -0.15) is 0 Å². The first-order valence-corrected chi connectivity index (χ1v) is 5.11. The molecule has 0 spiro atoms. The summed E-state index contributed by atoms with van der Waals surface area (Å²) < 4.78 is 0. The summed E-state index contributed by atoms with van der Waals surface area (Å²) in [6.07, 6.45) is 3.44. The topological polar surface area (TPSA) is 48.8 Å². The third kappa shape index (κ3) is 0.839. The van der Waals surface area contributed by atoms with Crippen LogP contribution in [0.5, 0.6) is 0 Å². The van der Waals surface area contributed by atoms with Crippen LogP contribution in [0.3, 0.4) is 0 Å². The average molecular weight is 208 g/mol. The predicted molar refractivity (Wildman–Crippen MR) is 67.5 cm³/mol. The van der Waals surface area contributed by atoms with Crippen molar-refractivity contribution in [2.75, 3.05) is 10.6 Å². The van der Waals surface area contributed by atoms with Crippen molar-refractivity contribution in [1.29, 1.82) is 0 Å². The first-order chi connectivity index (χ1) is 7.93. The number of hydrogen-bond acceptors (Lipinski definition) is 4. The summed E-state index contributed by atoms with van der Waals surface area (Å²) in [4.78, 5) is 8.67. The summed E-state index contributed by atoms with van der Waals surface area (Å²) in [7, 11) is 0. The minimum atomic E-state index is 0.994. The van der Waals surface area contributed by atoms with Gasteiger partial charge in [0.05, 0.1) is 24.1 Å². The number of nitrogens with one attached hydrogen (secondary N) is 2. The van der Waals surface area contributed by atoms with E-state index in [0.717, 1.165) is 33.5 Å². The second-order valence-electron chi connectivity index (χ2n) is 3.82. The Morgan fingerprint density at radius 1 is 0.688 bits per heavy atom. The molecule has 0 saturated carbocycles. The van der Waals surface area contributed by atoms with Crippen LogP contribution in [0.2, 0.25) is 0 Å². The van der Waals surface area contributed by atoms with Crippen LogP contribution in [-0.4, -0.2) is 12.7 Å². The minimum absolute atomic E-state index is 0.994. The van der Waals surface area contributed by atoms with Crippen LogP contribution < -0.4 is 10.6 Å². The van der Waals surface area contributed by atoms with Gasteiger partial charge in [0, 0.05) is 22.1 Å². The van der Waals surface area contributed by atoms with Gasteiger partial charge in [0.1, 0.15) is 0 Å². The Morgan fingerprint density at radius 2 is 1.19 bits per heavy atom. The van der Waals surface area contributed by atoms with Gasteiger partial charge in [-0.1, -0.05) is 0 Å². The normalized spacial score (nSPS) is 14.8. The van der Waals surface area contributed by atoms with Crippen molar-refractivity contribution in [3.05, 3.63) is 24.3 Å². The molecule has 0 fully saturated rings. The lowest BCUT2D eigenvalue weighted by Crippen LogP contribution is -2.04. The zero-order chi connectivity index (χ0) is 10.5. The van der Waals surface area contributed by atoms with Gasteiger partial charge in [-0.25, -0.2) is 9.98 Å². The van der Waals surface area contributed by atoms with Crippen LogP contribution in [0.1, 0.15) is 0 Å². The maximum absolute atomic E-state index is 4.34. The minimum Gasteiger partial charge on any atom is -0.346 e. The molecule has 2 N–H and O–H groups in total. The van der Waals surface area contributed by atoms with Gasteiger partial charge in [0.2, 0.25) is 0 Å². The van der Waals surface area contributed by atoms with Crippen molar-refractivity contribution in [1.82, 2.24) is 0 Å².